The van der Waals surface area contributed by atoms with Crippen molar-refractivity contribution in [2.24, 2.45) is 5.73 Å². The molecular weight excluding hydrogens is 300 g/mol. The summed E-state index contributed by atoms with van der Waals surface area (Å²) in [5.41, 5.74) is 5.45. The molecule has 0 aliphatic heterocycles. The van der Waals surface area contributed by atoms with Gasteiger partial charge in [-0.05, 0) is 19.1 Å². The Morgan fingerprint density at radius 1 is 1.50 bits per heavy atom. The van der Waals surface area contributed by atoms with Gasteiger partial charge in [0.25, 0.3) is 0 Å². The van der Waals surface area contributed by atoms with Crippen LogP contribution in [0.25, 0.3) is 0 Å². The maximum atomic E-state index is 12.3. The molecule has 0 saturated carbocycles. The van der Waals surface area contributed by atoms with E-state index in [1.54, 1.807) is 0 Å². The minimum atomic E-state index is -3.94. The lowest BCUT2D eigenvalue weighted by atomic mass is 10.3. The fraction of sp³-hybridized carbons (Fsp3) is 0.364. The van der Waals surface area contributed by atoms with Crippen LogP contribution in [-0.2, 0) is 14.8 Å². The van der Waals surface area contributed by atoms with E-state index in [0.717, 1.165) is 0 Å². The van der Waals surface area contributed by atoms with Gasteiger partial charge in [0.1, 0.15) is 15.6 Å². The number of hydrogen-bond acceptors (Lipinski definition) is 5. The normalized spacial score (nSPS) is 12.8. The molecule has 7 nitrogen and oxygen atoms in total. The Hall–Kier alpha value is -1.58. The monoisotopic (exact) mass is 316 g/mol. The van der Waals surface area contributed by atoms with Gasteiger partial charge in [0.05, 0.1) is 6.04 Å². The van der Waals surface area contributed by atoms with Crippen LogP contribution in [0.15, 0.2) is 23.2 Å². The van der Waals surface area contributed by atoms with Crippen molar-refractivity contribution in [1.29, 1.82) is 0 Å². The zero-order chi connectivity index (χ0) is 15.5. The minimum Gasteiger partial charge on any atom is -0.388 e. The molecule has 1 unspecified atom stereocenters. The van der Waals surface area contributed by atoms with Gasteiger partial charge in [0.15, 0.2) is 0 Å². The molecule has 1 aromatic rings. The third kappa shape index (κ3) is 3.71. The molecule has 0 aliphatic rings. The first-order valence-corrected chi connectivity index (χ1v) is 7.54. The van der Waals surface area contributed by atoms with Crippen molar-refractivity contribution >= 4 is 33.1 Å². The summed E-state index contributed by atoms with van der Waals surface area (Å²) in [5, 5.41) is 0. The highest BCUT2D eigenvalue weighted by molar-refractivity contribution is 7.89. The maximum absolute atomic E-state index is 12.3. The average molecular weight is 316 g/mol. The molecule has 9 heteroatoms. The van der Waals surface area contributed by atoms with Gasteiger partial charge in [0, 0.05) is 20.3 Å². The summed E-state index contributed by atoms with van der Waals surface area (Å²) in [5.74, 6) is -0.366. The van der Waals surface area contributed by atoms with Gasteiger partial charge in [0.2, 0.25) is 15.9 Å². The first-order chi connectivity index (χ1) is 9.16. The molecule has 0 spiro atoms. The van der Waals surface area contributed by atoms with E-state index in [1.165, 1.54) is 44.2 Å². The Morgan fingerprint density at radius 2 is 2.10 bits per heavy atom. The van der Waals surface area contributed by atoms with E-state index in [9.17, 15) is 13.2 Å². The second kappa shape index (κ2) is 6.25. The van der Waals surface area contributed by atoms with Crippen LogP contribution in [0, 0.1) is 0 Å². The standard InChI is InChI=1S/C11H16N4O3S2/c1-7(11(16)15(2)3)14-20(17,18)8-5-4-6-13-9(8)10(12)19/h4-7,14H,1-3H3,(H2,12,19). The Bertz CT molecular complexity index is 628. The summed E-state index contributed by atoms with van der Waals surface area (Å²) in [6.45, 7) is 1.46. The lowest BCUT2D eigenvalue weighted by Crippen LogP contribution is -2.44. The summed E-state index contributed by atoms with van der Waals surface area (Å²) in [6.07, 6.45) is 1.39. The van der Waals surface area contributed by atoms with Gasteiger partial charge in [-0.25, -0.2) is 8.42 Å². The number of pyridine rings is 1. The summed E-state index contributed by atoms with van der Waals surface area (Å²) < 4.78 is 26.8. The number of nitrogens with two attached hydrogens (primary N) is 1. The highest BCUT2D eigenvalue weighted by Crippen LogP contribution is 2.13. The van der Waals surface area contributed by atoms with E-state index in [0.29, 0.717) is 0 Å². The van der Waals surface area contributed by atoms with Crippen molar-refractivity contribution in [2.45, 2.75) is 17.9 Å². The van der Waals surface area contributed by atoms with Crippen molar-refractivity contribution in [3.63, 3.8) is 0 Å². The largest absolute Gasteiger partial charge is 0.388 e. The summed E-state index contributed by atoms with van der Waals surface area (Å²) in [6, 6.07) is 1.88. The Morgan fingerprint density at radius 3 is 2.60 bits per heavy atom. The van der Waals surface area contributed by atoms with E-state index < -0.39 is 16.1 Å². The second-order valence-electron chi connectivity index (χ2n) is 4.29. The van der Waals surface area contributed by atoms with Crippen LogP contribution in [0.2, 0.25) is 0 Å². The Kier molecular flexibility index (Phi) is 5.15. The number of nitrogens with one attached hydrogen (secondary N) is 1. The summed E-state index contributed by atoms with van der Waals surface area (Å²) >= 11 is 4.77. The number of rotatable bonds is 5. The highest BCUT2D eigenvalue weighted by Gasteiger charge is 2.26. The number of sulfonamides is 1. The Balaban J connectivity index is 3.13. The molecule has 1 aromatic heterocycles. The third-order valence-corrected chi connectivity index (χ3v) is 4.20. The van der Waals surface area contributed by atoms with E-state index in [4.69, 9.17) is 18.0 Å². The zero-order valence-electron chi connectivity index (χ0n) is 11.3. The third-order valence-electron chi connectivity index (χ3n) is 2.44. The maximum Gasteiger partial charge on any atom is 0.243 e. The van der Waals surface area contributed by atoms with E-state index in [1.807, 2.05) is 0 Å². The number of likely N-dealkylation sites (N-methyl/N-ethyl adjacent to an activating group) is 1. The van der Waals surface area contributed by atoms with Gasteiger partial charge >= 0.3 is 0 Å². The fourth-order valence-electron chi connectivity index (χ4n) is 1.53. The molecule has 0 saturated heterocycles. The lowest BCUT2D eigenvalue weighted by Gasteiger charge is -2.18. The van der Waals surface area contributed by atoms with Crippen LogP contribution in [0.1, 0.15) is 12.6 Å². The molecule has 1 heterocycles. The predicted molar refractivity (Wildman–Crippen MR) is 78.6 cm³/mol. The molecule has 0 bridgehead atoms. The van der Waals surface area contributed by atoms with E-state index in [-0.39, 0.29) is 21.5 Å². The second-order valence-corrected chi connectivity index (χ2v) is 6.41. The van der Waals surface area contributed by atoms with Gasteiger partial charge < -0.3 is 10.6 Å². The molecule has 1 amide bonds. The van der Waals surface area contributed by atoms with Crippen molar-refractivity contribution < 1.29 is 13.2 Å². The fourth-order valence-corrected chi connectivity index (χ4v) is 3.12. The summed E-state index contributed by atoms with van der Waals surface area (Å²) in [4.78, 5) is 16.6. The average Bonchev–Trinajstić information content (AvgIpc) is 2.37. The van der Waals surface area contributed by atoms with Gasteiger partial charge in [-0.2, -0.15) is 4.72 Å². The highest BCUT2D eigenvalue weighted by atomic mass is 32.2. The van der Waals surface area contributed by atoms with E-state index in [2.05, 4.69) is 9.71 Å². The smallest absolute Gasteiger partial charge is 0.243 e. The molecule has 0 fully saturated rings. The van der Waals surface area contributed by atoms with Crippen molar-refractivity contribution in [2.75, 3.05) is 14.1 Å². The van der Waals surface area contributed by atoms with Crippen LogP contribution < -0.4 is 10.5 Å². The van der Waals surface area contributed by atoms with Crippen molar-refractivity contribution in [3.05, 3.63) is 24.0 Å². The molecule has 1 rings (SSSR count). The topological polar surface area (TPSA) is 105 Å². The zero-order valence-corrected chi connectivity index (χ0v) is 13.0. The first kappa shape index (κ1) is 16.5. The minimum absolute atomic E-state index is 0.000461. The molecule has 110 valence electrons. The van der Waals surface area contributed by atoms with Crippen LogP contribution in [0.5, 0.6) is 0 Å². The number of nitrogens with zero attached hydrogens (tertiary/aromatic N) is 2. The van der Waals surface area contributed by atoms with Crippen LogP contribution in [-0.4, -0.2) is 49.3 Å². The number of carbonyl (C=O) groups excluding carboxylic acids is 1. The first-order valence-electron chi connectivity index (χ1n) is 5.65. The number of hydrogen-bond donors (Lipinski definition) is 2. The number of thiocarbonyl (C=S) groups is 1. The molecule has 1 atom stereocenters. The predicted octanol–water partition coefficient (Wildman–Crippen LogP) is -0.529. The van der Waals surface area contributed by atoms with Crippen LogP contribution in [0.4, 0.5) is 0 Å². The van der Waals surface area contributed by atoms with Crippen molar-refractivity contribution in [3.8, 4) is 0 Å². The Labute approximate surface area is 123 Å². The SMILES string of the molecule is CC(NS(=O)(=O)c1cccnc1C(N)=S)C(=O)N(C)C. The summed E-state index contributed by atoms with van der Waals surface area (Å²) in [7, 11) is -0.863. The van der Waals surface area contributed by atoms with Crippen LogP contribution in [0.3, 0.4) is 0 Å². The molecule has 0 aliphatic carbocycles. The molecule has 0 aromatic carbocycles. The molecule has 0 radical (unpaired) electrons. The molecule has 3 N–H and O–H groups in total. The van der Waals surface area contributed by atoms with Crippen LogP contribution >= 0.6 is 12.2 Å². The number of carbonyl (C=O) groups is 1. The quantitative estimate of drug-likeness (QED) is 0.708. The van der Waals surface area contributed by atoms with Gasteiger partial charge in [-0.3, -0.25) is 9.78 Å². The lowest BCUT2D eigenvalue weighted by molar-refractivity contribution is -0.130. The van der Waals surface area contributed by atoms with Gasteiger partial charge in [-0.15, -0.1) is 0 Å². The van der Waals surface area contributed by atoms with E-state index >= 15 is 0 Å². The number of aromatic nitrogens is 1. The van der Waals surface area contributed by atoms with Crippen molar-refractivity contribution in [1.82, 2.24) is 14.6 Å². The molecule has 20 heavy (non-hydrogen) atoms. The molecular formula is C11H16N4O3S2. The number of amides is 1. The van der Waals surface area contributed by atoms with Gasteiger partial charge in [-0.1, -0.05) is 12.2 Å².